The number of hydrogen-bond acceptors (Lipinski definition) is 3. The molecule has 1 saturated heterocycles. The van der Waals surface area contributed by atoms with Crippen LogP contribution in [0.5, 0.6) is 0 Å². The van der Waals surface area contributed by atoms with Gasteiger partial charge in [-0.25, -0.2) is 0 Å². The van der Waals surface area contributed by atoms with E-state index in [0.717, 1.165) is 13.1 Å². The van der Waals surface area contributed by atoms with Crippen LogP contribution in [-0.2, 0) is 6.54 Å². The van der Waals surface area contributed by atoms with Crippen LogP contribution in [0.1, 0.15) is 24.3 Å². The Balaban J connectivity index is 2.02. The molecule has 2 rings (SSSR count). The average molecular weight is 224 g/mol. The molecule has 1 aliphatic heterocycles. The largest absolute Gasteiger partial charge is 0.311 e. The van der Waals surface area contributed by atoms with E-state index in [1.807, 2.05) is 11.3 Å². The van der Waals surface area contributed by atoms with Gasteiger partial charge in [-0.15, -0.1) is 11.3 Å². The lowest BCUT2D eigenvalue weighted by atomic mass is 10.1. The summed E-state index contributed by atoms with van der Waals surface area (Å²) in [6.07, 6.45) is 0. The van der Waals surface area contributed by atoms with Crippen LogP contribution in [0.25, 0.3) is 0 Å². The van der Waals surface area contributed by atoms with Crippen LogP contribution >= 0.6 is 11.3 Å². The van der Waals surface area contributed by atoms with E-state index in [1.54, 1.807) is 0 Å². The lowest BCUT2D eigenvalue weighted by Crippen LogP contribution is -2.54. The number of nitrogens with one attached hydrogen (secondary N) is 1. The van der Waals surface area contributed by atoms with Gasteiger partial charge in [-0.3, -0.25) is 4.90 Å². The zero-order valence-electron chi connectivity index (χ0n) is 9.79. The maximum atomic E-state index is 3.52. The highest BCUT2D eigenvalue weighted by atomic mass is 32.1. The Morgan fingerprint density at radius 2 is 2.33 bits per heavy atom. The fourth-order valence-corrected chi connectivity index (χ4v) is 3.03. The van der Waals surface area contributed by atoms with Crippen molar-refractivity contribution < 1.29 is 0 Å². The Bertz CT molecular complexity index is 321. The van der Waals surface area contributed by atoms with Crippen LogP contribution in [-0.4, -0.2) is 30.1 Å². The van der Waals surface area contributed by atoms with Crippen LogP contribution in [0.15, 0.2) is 11.4 Å². The first-order chi connectivity index (χ1) is 7.18. The molecule has 2 atom stereocenters. The number of aryl methyl sites for hydroxylation is 1. The van der Waals surface area contributed by atoms with Crippen LogP contribution < -0.4 is 5.32 Å². The molecule has 1 aliphatic rings. The van der Waals surface area contributed by atoms with Gasteiger partial charge in [-0.2, -0.15) is 0 Å². The van der Waals surface area contributed by atoms with Gasteiger partial charge in [0.25, 0.3) is 0 Å². The minimum Gasteiger partial charge on any atom is -0.311 e. The van der Waals surface area contributed by atoms with E-state index in [2.05, 4.69) is 42.4 Å². The second-order valence-corrected chi connectivity index (χ2v) is 5.48. The van der Waals surface area contributed by atoms with Gasteiger partial charge in [-0.05, 0) is 37.8 Å². The summed E-state index contributed by atoms with van der Waals surface area (Å²) in [7, 11) is 0. The molecule has 1 aromatic rings. The summed E-state index contributed by atoms with van der Waals surface area (Å²) in [6.45, 7) is 10.2. The third-order valence-corrected chi connectivity index (χ3v) is 4.49. The third-order valence-electron chi connectivity index (χ3n) is 3.48. The van der Waals surface area contributed by atoms with Crippen molar-refractivity contribution in [2.24, 2.45) is 0 Å². The zero-order chi connectivity index (χ0) is 10.8. The van der Waals surface area contributed by atoms with Crippen LogP contribution in [0, 0.1) is 6.92 Å². The van der Waals surface area contributed by atoms with Crippen molar-refractivity contribution in [3.05, 3.63) is 21.9 Å². The molecule has 0 amide bonds. The molecule has 0 saturated carbocycles. The van der Waals surface area contributed by atoms with E-state index in [-0.39, 0.29) is 0 Å². The number of hydrogen-bond donors (Lipinski definition) is 1. The van der Waals surface area contributed by atoms with Gasteiger partial charge in [0.15, 0.2) is 0 Å². The molecular formula is C12H20N2S. The van der Waals surface area contributed by atoms with E-state index in [0.29, 0.717) is 12.1 Å². The topological polar surface area (TPSA) is 15.3 Å². The smallest absolute Gasteiger partial charge is 0.0334 e. The van der Waals surface area contributed by atoms with Crippen molar-refractivity contribution in [2.45, 2.75) is 39.4 Å². The number of rotatable bonds is 2. The summed E-state index contributed by atoms with van der Waals surface area (Å²) in [5, 5.41) is 5.71. The summed E-state index contributed by atoms with van der Waals surface area (Å²) < 4.78 is 0. The molecule has 0 aromatic carbocycles. The molecule has 3 heteroatoms. The maximum absolute atomic E-state index is 3.52. The van der Waals surface area contributed by atoms with Crippen molar-refractivity contribution in [2.75, 3.05) is 13.1 Å². The fourth-order valence-electron chi connectivity index (χ4n) is 2.10. The van der Waals surface area contributed by atoms with Crippen LogP contribution in [0.2, 0.25) is 0 Å². The third kappa shape index (κ3) is 2.41. The fraction of sp³-hybridized carbons (Fsp3) is 0.667. The highest BCUT2D eigenvalue weighted by Gasteiger charge is 2.24. The van der Waals surface area contributed by atoms with E-state index < -0.39 is 0 Å². The van der Waals surface area contributed by atoms with Gasteiger partial charge in [-0.1, -0.05) is 0 Å². The monoisotopic (exact) mass is 224 g/mol. The highest BCUT2D eigenvalue weighted by Crippen LogP contribution is 2.20. The van der Waals surface area contributed by atoms with Crippen molar-refractivity contribution in [3.8, 4) is 0 Å². The SMILES string of the molecule is Cc1ccsc1CN1CCNC(C)C1C. The van der Waals surface area contributed by atoms with E-state index in [1.165, 1.54) is 17.0 Å². The first kappa shape index (κ1) is 11.1. The molecule has 0 aliphatic carbocycles. The summed E-state index contributed by atoms with van der Waals surface area (Å²) in [5.74, 6) is 0. The molecular weight excluding hydrogens is 204 g/mol. The number of piperazine rings is 1. The first-order valence-electron chi connectivity index (χ1n) is 5.69. The summed E-state index contributed by atoms with van der Waals surface area (Å²) in [5.41, 5.74) is 1.44. The van der Waals surface area contributed by atoms with Gasteiger partial charge >= 0.3 is 0 Å². The lowest BCUT2D eigenvalue weighted by molar-refractivity contribution is 0.132. The van der Waals surface area contributed by atoms with Crippen LogP contribution in [0.3, 0.4) is 0 Å². The Kier molecular flexibility index (Phi) is 3.44. The Hall–Kier alpha value is -0.380. The van der Waals surface area contributed by atoms with Crippen molar-refractivity contribution in [1.29, 1.82) is 0 Å². The molecule has 2 heterocycles. The highest BCUT2D eigenvalue weighted by molar-refractivity contribution is 7.10. The molecule has 2 unspecified atom stereocenters. The second-order valence-electron chi connectivity index (χ2n) is 4.48. The van der Waals surface area contributed by atoms with Gasteiger partial charge in [0.1, 0.15) is 0 Å². The van der Waals surface area contributed by atoms with E-state index >= 15 is 0 Å². The summed E-state index contributed by atoms with van der Waals surface area (Å²) >= 11 is 1.88. The predicted molar refractivity (Wildman–Crippen MR) is 66.4 cm³/mol. The van der Waals surface area contributed by atoms with Gasteiger partial charge < -0.3 is 5.32 Å². The summed E-state index contributed by atoms with van der Waals surface area (Å²) in [6, 6.07) is 3.47. The molecule has 0 bridgehead atoms. The lowest BCUT2D eigenvalue weighted by Gasteiger charge is -2.38. The predicted octanol–water partition coefficient (Wildman–Crippen LogP) is 2.24. The van der Waals surface area contributed by atoms with E-state index in [4.69, 9.17) is 0 Å². The van der Waals surface area contributed by atoms with Gasteiger partial charge in [0, 0.05) is 36.6 Å². The number of thiophene rings is 1. The maximum Gasteiger partial charge on any atom is 0.0334 e. The summed E-state index contributed by atoms with van der Waals surface area (Å²) in [4.78, 5) is 4.11. The van der Waals surface area contributed by atoms with Crippen molar-refractivity contribution in [3.63, 3.8) is 0 Å². The molecule has 1 aromatic heterocycles. The minimum atomic E-state index is 0.610. The van der Waals surface area contributed by atoms with Crippen molar-refractivity contribution >= 4 is 11.3 Å². The zero-order valence-corrected chi connectivity index (χ0v) is 10.6. The molecule has 0 spiro atoms. The normalized spacial score (nSPS) is 28.2. The standard InChI is InChI=1S/C12H20N2S/c1-9-4-7-15-12(9)8-14-6-5-13-10(2)11(14)3/h4,7,10-11,13H,5-6,8H2,1-3H3. The quantitative estimate of drug-likeness (QED) is 0.829. The Morgan fingerprint density at radius 1 is 1.53 bits per heavy atom. The average Bonchev–Trinajstić information content (AvgIpc) is 2.60. The van der Waals surface area contributed by atoms with Gasteiger partial charge in [0.2, 0.25) is 0 Å². The molecule has 0 radical (unpaired) electrons. The molecule has 2 nitrogen and oxygen atoms in total. The first-order valence-corrected chi connectivity index (χ1v) is 6.57. The number of nitrogens with zero attached hydrogens (tertiary/aromatic N) is 1. The Labute approximate surface area is 96.3 Å². The van der Waals surface area contributed by atoms with E-state index in [9.17, 15) is 0 Å². The second kappa shape index (κ2) is 4.64. The van der Waals surface area contributed by atoms with Gasteiger partial charge in [0.05, 0.1) is 0 Å². The minimum absolute atomic E-state index is 0.610. The molecule has 1 fully saturated rings. The van der Waals surface area contributed by atoms with Crippen molar-refractivity contribution in [1.82, 2.24) is 10.2 Å². The Morgan fingerprint density at radius 3 is 3.00 bits per heavy atom. The molecule has 1 N–H and O–H groups in total. The molecule has 84 valence electrons. The van der Waals surface area contributed by atoms with Crippen LogP contribution in [0.4, 0.5) is 0 Å². The molecule has 15 heavy (non-hydrogen) atoms.